The fourth-order valence-corrected chi connectivity index (χ4v) is 3.11. The SMILES string of the molecule is CCOC(=O)C1=C(C#N)N=C(CF)C(C(=O)OCC)C1c1cccc([N+](=O)[O-])c1. The average molecular weight is 403 g/mol. The molecule has 0 aliphatic carbocycles. The second kappa shape index (κ2) is 9.54. The molecule has 0 radical (unpaired) electrons. The van der Waals surface area contributed by atoms with Crippen molar-refractivity contribution in [3.8, 4) is 6.07 Å². The number of aliphatic imine (C=N–C) groups is 1. The van der Waals surface area contributed by atoms with E-state index in [4.69, 9.17) is 9.47 Å². The Bertz CT molecular complexity index is 934. The summed E-state index contributed by atoms with van der Waals surface area (Å²) in [4.78, 5) is 39.6. The van der Waals surface area contributed by atoms with E-state index in [1.54, 1.807) is 19.9 Å². The highest BCUT2D eigenvalue weighted by Crippen LogP contribution is 2.41. The Morgan fingerprint density at radius 3 is 2.55 bits per heavy atom. The topological polar surface area (TPSA) is 132 Å². The molecule has 0 fully saturated rings. The summed E-state index contributed by atoms with van der Waals surface area (Å²) >= 11 is 0. The lowest BCUT2D eigenvalue weighted by molar-refractivity contribution is -0.384. The number of esters is 2. The molecule has 0 saturated carbocycles. The molecule has 1 aromatic rings. The van der Waals surface area contributed by atoms with Crippen LogP contribution in [0, 0.1) is 27.4 Å². The third-order valence-electron chi connectivity index (χ3n) is 4.23. The van der Waals surface area contributed by atoms with E-state index in [1.807, 2.05) is 0 Å². The molecule has 1 aliphatic rings. The van der Waals surface area contributed by atoms with Crippen molar-refractivity contribution in [1.82, 2.24) is 0 Å². The average Bonchev–Trinajstić information content (AvgIpc) is 2.72. The molecule has 0 spiro atoms. The second-order valence-electron chi connectivity index (χ2n) is 5.89. The van der Waals surface area contributed by atoms with Gasteiger partial charge in [-0.05, 0) is 19.4 Å². The van der Waals surface area contributed by atoms with Crippen LogP contribution < -0.4 is 0 Å². The number of nitro benzene ring substituents is 1. The van der Waals surface area contributed by atoms with Gasteiger partial charge in [-0.25, -0.2) is 14.2 Å². The lowest BCUT2D eigenvalue weighted by Gasteiger charge is -2.30. The van der Waals surface area contributed by atoms with Crippen molar-refractivity contribution in [3.05, 3.63) is 51.2 Å². The maximum Gasteiger partial charge on any atom is 0.337 e. The van der Waals surface area contributed by atoms with Gasteiger partial charge in [-0.1, -0.05) is 12.1 Å². The normalized spacial score (nSPS) is 18.5. The van der Waals surface area contributed by atoms with Gasteiger partial charge in [-0.3, -0.25) is 14.9 Å². The highest BCUT2D eigenvalue weighted by Gasteiger charge is 2.45. The van der Waals surface area contributed by atoms with Crippen molar-refractivity contribution in [3.63, 3.8) is 0 Å². The van der Waals surface area contributed by atoms with E-state index in [2.05, 4.69) is 4.99 Å². The first kappa shape index (κ1) is 21.7. The largest absolute Gasteiger partial charge is 0.465 e. The second-order valence-corrected chi connectivity index (χ2v) is 5.89. The minimum Gasteiger partial charge on any atom is -0.465 e. The van der Waals surface area contributed by atoms with Gasteiger partial charge in [0, 0.05) is 18.1 Å². The van der Waals surface area contributed by atoms with Crippen LogP contribution in [0.3, 0.4) is 0 Å². The van der Waals surface area contributed by atoms with E-state index in [0.29, 0.717) is 0 Å². The molecule has 0 saturated heterocycles. The number of nitriles is 1. The summed E-state index contributed by atoms with van der Waals surface area (Å²) in [6.45, 7) is 1.90. The van der Waals surface area contributed by atoms with Gasteiger partial charge >= 0.3 is 11.9 Å². The number of benzene rings is 1. The number of carbonyl (C=O) groups excluding carboxylic acids is 2. The smallest absolute Gasteiger partial charge is 0.337 e. The molecule has 2 unspecified atom stereocenters. The van der Waals surface area contributed by atoms with Crippen LogP contribution in [-0.2, 0) is 19.1 Å². The first-order valence-corrected chi connectivity index (χ1v) is 8.75. The molecule has 9 nitrogen and oxygen atoms in total. The minimum absolute atomic E-state index is 0.0138. The van der Waals surface area contributed by atoms with Gasteiger partial charge in [-0.15, -0.1) is 0 Å². The number of carbonyl (C=O) groups is 2. The van der Waals surface area contributed by atoms with Crippen LogP contribution in [0.2, 0.25) is 0 Å². The molecule has 2 rings (SSSR count). The zero-order valence-corrected chi connectivity index (χ0v) is 15.8. The molecule has 29 heavy (non-hydrogen) atoms. The number of alkyl halides is 1. The third kappa shape index (κ3) is 4.45. The lowest BCUT2D eigenvalue weighted by Crippen LogP contribution is -2.38. The van der Waals surface area contributed by atoms with Gasteiger partial charge in [-0.2, -0.15) is 5.26 Å². The van der Waals surface area contributed by atoms with Crippen molar-refractivity contribution >= 4 is 23.3 Å². The van der Waals surface area contributed by atoms with Gasteiger partial charge in [0.05, 0.1) is 29.4 Å². The monoisotopic (exact) mass is 403 g/mol. The van der Waals surface area contributed by atoms with E-state index in [1.165, 1.54) is 18.2 Å². The molecule has 1 aromatic carbocycles. The third-order valence-corrected chi connectivity index (χ3v) is 4.23. The number of hydrogen-bond donors (Lipinski definition) is 0. The van der Waals surface area contributed by atoms with Crippen molar-refractivity contribution in [2.24, 2.45) is 10.9 Å². The van der Waals surface area contributed by atoms with E-state index in [0.717, 1.165) is 6.07 Å². The molecular formula is C19H18FN3O6. The maximum absolute atomic E-state index is 13.7. The highest BCUT2D eigenvalue weighted by atomic mass is 19.1. The van der Waals surface area contributed by atoms with Crippen molar-refractivity contribution in [1.29, 1.82) is 5.26 Å². The predicted molar refractivity (Wildman–Crippen MR) is 98.6 cm³/mol. The molecule has 1 heterocycles. The van der Waals surface area contributed by atoms with Crippen molar-refractivity contribution in [2.75, 3.05) is 19.9 Å². The van der Waals surface area contributed by atoms with E-state index < -0.39 is 41.1 Å². The molecule has 0 bridgehead atoms. The number of nitro groups is 1. The van der Waals surface area contributed by atoms with Gasteiger partial charge in [0.1, 0.15) is 18.7 Å². The number of ether oxygens (including phenoxy) is 2. The summed E-state index contributed by atoms with van der Waals surface area (Å²) in [5, 5.41) is 20.6. The van der Waals surface area contributed by atoms with E-state index in [-0.39, 0.29) is 35.7 Å². The molecule has 10 heteroatoms. The Labute approximate surface area is 165 Å². The fraction of sp³-hybridized carbons (Fsp3) is 0.368. The van der Waals surface area contributed by atoms with Crippen molar-refractivity contribution < 1.29 is 28.4 Å². The summed E-state index contributed by atoms with van der Waals surface area (Å²) in [7, 11) is 0. The Kier molecular flexibility index (Phi) is 7.14. The summed E-state index contributed by atoms with van der Waals surface area (Å²) in [5.41, 5.74) is -1.12. The summed E-state index contributed by atoms with van der Waals surface area (Å²) in [6, 6.07) is 6.93. The highest BCUT2D eigenvalue weighted by molar-refractivity contribution is 6.08. The standard InChI is InChI=1S/C19H18FN3O6/c1-3-28-18(24)16-13(9-20)22-14(10-21)17(19(25)29-4-2)15(16)11-6-5-7-12(8-11)23(26)27/h5-8,15-16H,3-4,9H2,1-2H3. The van der Waals surface area contributed by atoms with E-state index >= 15 is 0 Å². The predicted octanol–water partition coefficient (Wildman–Crippen LogP) is 2.62. The van der Waals surface area contributed by atoms with Crippen LogP contribution in [-0.4, -0.2) is 42.5 Å². The Balaban J connectivity index is 2.78. The van der Waals surface area contributed by atoms with Gasteiger partial charge in [0.2, 0.25) is 0 Å². The van der Waals surface area contributed by atoms with E-state index in [9.17, 15) is 29.4 Å². The Morgan fingerprint density at radius 1 is 1.31 bits per heavy atom. The Hall–Kier alpha value is -3.61. The van der Waals surface area contributed by atoms with Crippen LogP contribution >= 0.6 is 0 Å². The van der Waals surface area contributed by atoms with Crippen LogP contribution in [0.15, 0.2) is 40.5 Å². The summed E-state index contributed by atoms with van der Waals surface area (Å²) in [5.74, 6) is -4.39. The quantitative estimate of drug-likeness (QED) is 0.388. The molecule has 0 aromatic heterocycles. The minimum atomic E-state index is -1.38. The van der Waals surface area contributed by atoms with Gasteiger partial charge in [0.15, 0.2) is 5.70 Å². The number of allylic oxidation sites excluding steroid dienone is 1. The van der Waals surface area contributed by atoms with Crippen molar-refractivity contribution in [2.45, 2.75) is 19.8 Å². The number of nitrogens with zero attached hydrogens (tertiary/aromatic N) is 3. The molecule has 2 atom stereocenters. The molecule has 152 valence electrons. The van der Waals surface area contributed by atoms with Gasteiger partial charge < -0.3 is 9.47 Å². The summed E-state index contributed by atoms with van der Waals surface area (Å²) < 4.78 is 23.7. The fourth-order valence-electron chi connectivity index (χ4n) is 3.11. The number of halogens is 1. The first-order chi connectivity index (χ1) is 13.9. The zero-order valence-electron chi connectivity index (χ0n) is 15.8. The molecular weight excluding hydrogens is 385 g/mol. The summed E-state index contributed by atoms with van der Waals surface area (Å²) in [6.07, 6.45) is 0. The molecule has 0 N–H and O–H groups in total. The number of hydrogen-bond acceptors (Lipinski definition) is 8. The van der Waals surface area contributed by atoms with Crippen LogP contribution in [0.4, 0.5) is 10.1 Å². The van der Waals surface area contributed by atoms with Crippen LogP contribution in [0.1, 0.15) is 25.3 Å². The number of rotatable bonds is 7. The zero-order chi connectivity index (χ0) is 21.6. The number of non-ortho nitro benzene ring substituents is 1. The lowest BCUT2D eigenvalue weighted by atomic mass is 9.75. The Morgan fingerprint density at radius 2 is 2.00 bits per heavy atom. The first-order valence-electron chi connectivity index (χ1n) is 8.75. The van der Waals surface area contributed by atoms with Crippen LogP contribution in [0.5, 0.6) is 0 Å². The molecule has 1 aliphatic heterocycles. The molecule has 0 amide bonds. The van der Waals surface area contributed by atoms with Crippen LogP contribution in [0.25, 0.3) is 0 Å². The van der Waals surface area contributed by atoms with Gasteiger partial charge in [0.25, 0.3) is 5.69 Å². The maximum atomic E-state index is 13.7.